The summed E-state index contributed by atoms with van der Waals surface area (Å²) in [7, 11) is 0. The van der Waals surface area contributed by atoms with Crippen LogP contribution in [0.4, 0.5) is 0 Å². The Hall–Kier alpha value is 0.740. The monoisotopic (exact) mass is 388 g/mol. The Morgan fingerprint density at radius 3 is 0.905 bits per heavy atom. The molecular weight excluding hydrogens is 348 g/mol. The minimum Gasteiger partial charge on any atom is -0.343 e. The topological polar surface area (TPSA) is 0 Å². The third kappa shape index (κ3) is 23.1. The molecule has 0 aliphatic carbocycles. The molecule has 0 radical (unpaired) electrons. The SMILES string of the molecule is [Ag+].[CH2-]CCCCCCCCCCCCCCCCCCC. The van der Waals surface area contributed by atoms with Gasteiger partial charge in [0.15, 0.2) is 0 Å². The number of rotatable bonds is 17. The molecule has 0 bridgehead atoms. The summed E-state index contributed by atoms with van der Waals surface area (Å²) in [5.74, 6) is 0. The molecule has 0 N–H and O–H groups in total. The van der Waals surface area contributed by atoms with E-state index in [1.807, 2.05) is 0 Å². The van der Waals surface area contributed by atoms with E-state index in [1.54, 1.807) is 0 Å². The first kappa shape index (κ1) is 24.0. The largest absolute Gasteiger partial charge is 1.00 e. The van der Waals surface area contributed by atoms with E-state index in [9.17, 15) is 0 Å². The van der Waals surface area contributed by atoms with E-state index in [2.05, 4.69) is 13.8 Å². The van der Waals surface area contributed by atoms with Gasteiger partial charge in [0.05, 0.1) is 0 Å². The van der Waals surface area contributed by atoms with E-state index in [-0.39, 0.29) is 22.4 Å². The fourth-order valence-corrected chi connectivity index (χ4v) is 2.90. The number of hydrogen-bond donors (Lipinski definition) is 0. The summed E-state index contributed by atoms with van der Waals surface area (Å²) in [6.07, 6.45) is 25.8. The normalized spacial score (nSPS) is 10.6. The summed E-state index contributed by atoms with van der Waals surface area (Å²) < 4.78 is 0. The van der Waals surface area contributed by atoms with Crippen LogP contribution in [0, 0.1) is 6.92 Å². The van der Waals surface area contributed by atoms with Crippen LogP contribution in [0.2, 0.25) is 0 Å². The Morgan fingerprint density at radius 1 is 0.429 bits per heavy atom. The maximum Gasteiger partial charge on any atom is 1.00 e. The zero-order chi connectivity index (χ0) is 14.7. The summed E-state index contributed by atoms with van der Waals surface area (Å²) >= 11 is 0. The molecule has 0 spiro atoms. The minimum atomic E-state index is 0. The van der Waals surface area contributed by atoms with Gasteiger partial charge in [-0.2, -0.15) is 6.42 Å². The summed E-state index contributed by atoms with van der Waals surface area (Å²) in [6.45, 7) is 6.19. The van der Waals surface area contributed by atoms with Crippen molar-refractivity contribution in [3.8, 4) is 0 Å². The Morgan fingerprint density at radius 2 is 0.667 bits per heavy atom. The van der Waals surface area contributed by atoms with E-state index >= 15 is 0 Å². The first-order valence-electron chi connectivity index (χ1n) is 9.71. The fraction of sp³-hybridized carbons (Fsp3) is 0.950. The van der Waals surface area contributed by atoms with Gasteiger partial charge in [0.2, 0.25) is 0 Å². The average molecular weight is 389 g/mol. The van der Waals surface area contributed by atoms with E-state index in [1.165, 1.54) is 109 Å². The van der Waals surface area contributed by atoms with Gasteiger partial charge < -0.3 is 6.92 Å². The van der Waals surface area contributed by atoms with Crippen molar-refractivity contribution in [2.24, 2.45) is 0 Å². The second-order valence-corrected chi connectivity index (χ2v) is 6.51. The first-order chi connectivity index (χ1) is 9.91. The smallest absolute Gasteiger partial charge is 0.343 e. The maximum absolute atomic E-state index is 3.89. The van der Waals surface area contributed by atoms with Crippen molar-refractivity contribution < 1.29 is 22.4 Å². The Labute approximate surface area is 151 Å². The van der Waals surface area contributed by atoms with Crippen molar-refractivity contribution in [1.82, 2.24) is 0 Å². The minimum absolute atomic E-state index is 0. The van der Waals surface area contributed by atoms with Crippen molar-refractivity contribution >= 4 is 0 Å². The predicted octanol–water partition coefficient (Wildman–Crippen LogP) is 7.86. The van der Waals surface area contributed by atoms with Gasteiger partial charge in [0.25, 0.3) is 0 Å². The van der Waals surface area contributed by atoms with Gasteiger partial charge in [0, 0.05) is 0 Å². The van der Waals surface area contributed by atoms with Gasteiger partial charge in [-0.25, -0.2) is 0 Å². The standard InChI is InChI=1S/C20H41.Ag/c1-3-5-7-9-11-13-15-17-19-20-18-16-14-12-10-8-6-4-2;/h1,3-20H2,2H3;/q-1;+1. The molecule has 0 saturated carbocycles. The van der Waals surface area contributed by atoms with Gasteiger partial charge >= 0.3 is 22.4 Å². The molecule has 0 aromatic carbocycles. The molecule has 0 amide bonds. The molecule has 0 nitrogen and oxygen atoms in total. The van der Waals surface area contributed by atoms with Crippen LogP contribution in [0.1, 0.15) is 122 Å². The van der Waals surface area contributed by atoms with Crippen LogP contribution in [0.25, 0.3) is 0 Å². The summed E-state index contributed by atoms with van der Waals surface area (Å²) in [5, 5.41) is 0. The predicted molar refractivity (Wildman–Crippen MR) is 94.1 cm³/mol. The molecule has 0 aliphatic heterocycles. The number of unbranched alkanes of at least 4 members (excludes halogenated alkanes) is 17. The molecule has 1 heteroatoms. The fourth-order valence-electron chi connectivity index (χ4n) is 2.90. The third-order valence-electron chi connectivity index (χ3n) is 4.35. The molecule has 0 saturated heterocycles. The van der Waals surface area contributed by atoms with Crippen LogP contribution in [0.5, 0.6) is 0 Å². The summed E-state index contributed by atoms with van der Waals surface area (Å²) in [5.41, 5.74) is 0. The molecule has 21 heavy (non-hydrogen) atoms. The zero-order valence-electron chi connectivity index (χ0n) is 14.7. The maximum atomic E-state index is 3.89. The van der Waals surface area contributed by atoms with Gasteiger partial charge in [0.1, 0.15) is 0 Å². The second kappa shape index (κ2) is 23.0. The molecule has 0 atom stereocenters. The molecule has 0 aromatic rings. The molecule has 132 valence electrons. The van der Waals surface area contributed by atoms with E-state index in [0.717, 1.165) is 6.42 Å². The number of hydrogen-bond acceptors (Lipinski definition) is 0. The van der Waals surface area contributed by atoms with Crippen molar-refractivity contribution in [3.63, 3.8) is 0 Å². The summed E-state index contributed by atoms with van der Waals surface area (Å²) in [6, 6.07) is 0. The van der Waals surface area contributed by atoms with Crippen molar-refractivity contribution in [3.05, 3.63) is 6.92 Å². The molecule has 0 heterocycles. The molecule has 0 aromatic heterocycles. The van der Waals surface area contributed by atoms with Crippen molar-refractivity contribution in [2.75, 3.05) is 0 Å². The van der Waals surface area contributed by atoms with E-state index in [4.69, 9.17) is 0 Å². The molecule has 0 rings (SSSR count). The Bertz CT molecular complexity index is 138. The Balaban J connectivity index is 0. The second-order valence-electron chi connectivity index (χ2n) is 6.51. The molecular formula is C20H41Ag. The van der Waals surface area contributed by atoms with Gasteiger partial charge in [-0.15, -0.1) is 0 Å². The average Bonchev–Trinajstić information content (AvgIpc) is 2.47. The molecule has 0 fully saturated rings. The Kier molecular flexibility index (Phi) is 26.3. The summed E-state index contributed by atoms with van der Waals surface area (Å²) in [4.78, 5) is 0. The van der Waals surface area contributed by atoms with Gasteiger partial charge in [-0.05, 0) is 0 Å². The molecule has 0 aliphatic rings. The zero-order valence-corrected chi connectivity index (χ0v) is 16.2. The van der Waals surface area contributed by atoms with Crippen LogP contribution in [-0.4, -0.2) is 0 Å². The van der Waals surface area contributed by atoms with Crippen LogP contribution in [0.15, 0.2) is 0 Å². The van der Waals surface area contributed by atoms with Crippen molar-refractivity contribution in [2.45, 2.75) is 122 Å². The van der Waals surface area contributed by atoms with Gasteiger partial charge in [-0.3, -0.25) is 0 Å². The van der Waals surface area contributed by atoms with Crippen LogP contribution < -0.4 is 0 Å². The first-order valence-corrected chi connectivity index (χ1v) is 9.71. The van der Waals surface area contributed by atoms with Gasteiger partial charge in [-0.1, -0.05) is 116 Å². The quantitative estimate of drug-likeness (QED) is 0.135. The van der Waals surface area contributed by atoms with Crippen LogP contribution in [-0.2, 0) is 22.4 Å². The van der Waals surface area contributed by atoms with E-state index in [0.29, 0.717) is 0 Å². The third-order valence-corrected chi connectivity index (χ3v) is 4.35. The molecule has 0 unspecified atom stereocenters. The van der Waals surface area contributed by atoms with Crippen LogP contribution in [0.3, 0.4) is 0 Å². The van der Waals surface area contributed by atoms with Crippen LogP contribution >= 0.6 is 0 Å². The van der Waals surface area contributed by atoms with Crippen molar-refractivity contribution in [1.29, 1.82) is 0 Å². The van der Waals surface area contributed by atoms with E-state index < -0.39 is 0 Å².